The molecule has 0 aliphatic carbocycles. The van der Waals surface area contributed by atoms with Crippen molar-refractivity contribution in [3.8, 4) is 0 Å². The molecule has 1 amide bonds. The first-order valence-corrected chi connectivity index (χ1v) is 11.1. The summed E-state index contributed by atoms with van der Waals surface area (Å²) in [6, 6.07) is 3.83. The summed E-state index contributed by atoms with van der Waals surface area (Å²) in [7, 11) is -3.17. The van der Waals surface area contributed by atoms with Gasteiger partial charge in [-0.25, -0.2) is 17.7 Å². The molecule has 144 valence electrons. The van der Waals surface area contributed by atoms with E-state index in [0.717, 1.165) is 18.9 Å². The first kappa shape index (κ1) is 19.1. The van der Waals surface area contributed by atoms with Crippen LogP contribution >= 0.6 is 0 Å². The average Bonchev–Trinajstić information content (AvgIpc) is 3.17. The molecule has 0 saturated carbocycles. The number of hydrogen-bond acceptors (Lipinski definition) is 5. The average molecular weight is 381 g/mol. The van der Waals surface area contributed by atoms with Gasteiger partial charge in [0.05, 0.1) is 17.6 Å². The molecule has 0 aromatic carbocycles. The molecule has 3 rings (SSSR count). The van der Waals surface area contributed by atoms with Crippen LogP contribution in [0.1, 0.15) is 39.0 Å². The van der Waals surface area contributed by atoms with E-state index in [1.54, 1.807) is 6.20 Å². The van der Waals surface area contributed by atoms with Gasteiger partial charge < -0.3 is 10.2 Å². The van der Waals surface area contributed by atoms with E-state index in [1.165, 1.54) is 17.1 Å². The maximum Gasteiger partial charge on any atom is 0.227 e. The lowest BCUT2D eigenvalue weighted by atomic mass is 9.97. The van der Waals surface area contributed by atoms with Crippen molar-refractivity contribution in [2.24, 2.45) is 5.92 Å². The normalized spacial score (nSPS) is 19.7. The van der Waals surface area contributed by atoms with E-state index in [4.69, 9.17) is 0 Å². The molecule has 0 radical (unpaired) electrons. The number of hydrogen-bond donors (Lipinski definition) is 1. The van der Waals surface area contributed by atoms with Gasteiger partial charge in [0, 0.05) is 32.1 Å². The first-order chi connectivity index (χ1) is 12.5. The van der Waals surface area contributed by atoms with Gasteiger partial charge in [-0.3, -0.25) is 4.79 Å². The fourth-order valence-corrected chi connectivity index (χ4v) is 5.16. The van der Waals surface area contributed by atoms with Crippen LogP contribution in [0.2, 0.25) is 0 Å². The molecule has 1 N–H and O–H groups in total. The van der Waals surface area contributed by atoms with Crippen LogP contribution in [0, 0.1) is 5.92 Å². The molecule has 8 heteroatoms. The fraction of sp³-hybridized carbons (Fsp3) is 0.667. The predicted molar refractivity (Wildman–Crippen MR) is 103 cm³/mol. The molecule has 7 nitrogen and oxygen atoms in total. The Hall–Kier alpha value is -1.67. The Balaban J connectivity index is 1.51. The summed E-state index contributed by atoms with van der Waals surface area (Å²) in [5, 5.41) is 2.92. The predicted octanol–water partition coefficient (Wildman–Crippen LogP) is 2.07. The number of pyridine rings is 1. The summed E-state index contributed by atoms with van der Waals surface area (Å²) < 4.78 is 25.7. The number of rotatable bonds is 6. The number of anilines is 2. The summed E-state index contributed by atoms with van der Waals surface area (Å²) in [4.78, 5) is 19.2. The largest absolute Gasteiger partial charge is 0.357 e. The molecular formula is C18H28N4O3S. The molecule has 0 atom stereocenters. The molecule has 2 fully saturated rings. The van der Waals surface area contributed by atoms with Gasteiger partial charge in [0.2, 0.25) is 15.9 Å². The van der Waals surface area contributed by atoms with Gasteiger partial charge >= 0.3 is 0 Å². The van der Waals surface area contributed by atoms with Gasteiger partial charge in [0.1, 0.15) is 5.82 Å². The molecule has 3 heterocycles. The van der Waals surface area contributed by atoms with E-state index in [2.05, 4.69) is 15.2 Å². The topological polar surface area (TPSA) is 82.6 Å². The maximum atomic E-state index is 12.5. The molecule has 0 unspecified atom stereocenters. The lowest BCUT2D eigenvalue weighted by molar-refractivity contribution is -0.120. The van der Waals surface area contributed by atoms with Crippen LogP contribution in [-0.4, -0.2) is 55.5 Å². The monoisotopic (exact) mass is 380 g/mol. The third-order valence-electron chi connectivity index (χ3n) is 5.13. The van der Waals surface area contributed by atoms with E-state index < -0.39 is 10.0 Å². The highest BCUT2D eigenvalue weighted by atomic mass is 32.2. The minimum absolute atomic E-state index is 0.0479. The fourth-order valence-electron chi connectivity index (χ4n) is 3.62. The van der Waals surface area contributed by atoms with Crippen molar-refractivity contribution in [2.45, 2.75) is 39.0 Å². The second-order valence-electron chi connectivity index (χ2n) is 7.08. The Bertz CT molecular complexity index is 706. The number of amides is 1. The van der Waals surface area contributed by atoms with Crippen LogP contribution in [0.5, 0.6) is 0 Å². The number of carbonyl (C=O) groups is 1. The van der Waals surface area contributed by atoms with Gasteiger partial charge in [-0.05, 0) is 44.2 Å². The van der Waals surface area contributed by atoms with Crippen LogP contribution in [0.25, 0.3) is 0 Å². The lowest BCUT2D eigenvalue weighted by Gasteiger charge is -2.30. The standard InChI is InChI=1S/C18H28N4O3S/c1-2-13-26(24,25)22-11-7-15(8-12-22)18(23)20-16-5-6-17(19-14-16)21-9-3-4-10-21/h5-6,14-15H,2-4,7-13H2,1H3,(H,20,23). The van der Waals surface area contributed by atoms with Gasteiger partial charge in [0.15, 0.2) is 0 Å². The Morgan fingerprint density at radius 3 is 2.46 bits per heavy atom. The molecule has 1 aromatic rings. The highest BCUT2D eigenvalue weighted by molar-refractivity contribution is 7.89. The van der Waals surface area contributed by atoms with Crippen molar-refractivity contribution in [2.75, 3.05) is 42.1 Å². The third kappa shape index (κ3) is 4.54. The third-order valence-corrected chi connectivity index (χ3v) is 7.20. The number of aromatic nitrogens is 1. The zero-order valence-corrected chi connectivity index (χ0v) is 16.2. The number of piperidine rings is 1. The zero-order chi connectivity index (χ0) is 18.6. The van der Waals surface area contributed by atoms with E-state index in [-0.39, 0.29) is 17.6 Å². The Kier molecular flexibility index (Phi) is 6.13. The SMILES string of the molecule is CCCS(=O)(=O)N1CCC(C(=O)Nc2ccc(N3CCCC3)nc2)CC1. The molecule has 2 saturated heterocycles. The quantitative estimate of drug-likeness (QED) is 0.817. The van der Waals surface area contributed by atoms with Crippen LogP contribution in [-0.2, 0) is 14.8 Å². The molecular weight excluding hydrogens is 352 g/mol. The zero-order valence-electron chi connectivity index (χ0n) is 15.4. The highest BCUT2D eigenvalue weighted by Gasteiger charge is 2.30. The summed E-state index contributed by atoms with van der Waals surface area (Å²) >= 11 is 0. The van der Waals surface area contributed by atoms with Crippen molar-refractivity contribution in [3.05, 3.63) is 18.3 Å². The van der Waals surface area contributed by atoms with Crippen molar-refractivity contribution in [3.63, 3.8) is 0 Å². The minimum atomic E-state index is -3.17. The Morgan fingerprint density at radius 1 is 1.19 bits per heavy atom. The molecule has 1 aromatic heterocycles. The Morgan fingerprint density at radius 2 is 1.88 bits per heavy atom. The number of nitrogens with one attached hydrogen (secondary N) is 1. The minimum Gasteiger partial charge on any atom is -0.357 e. The van der Waals surface area contributed by atoms with E-state index >= 15 is 0 Å². The van der Waals surface area contributed by atoms with Gasteiger partial charge in [-0.15, -0.1) is 0 Å². The van der Waals surface area contributed by atoms with E-state index in [0.29, 0.717) is 38.0 Å². The van der Waals surface area contributed by atoms with Gasteiger partial charge in [0.25, 0.3) is 0 Å². The Labute approximate surface area is 155 Å². The summed E-state index contributed by atoms with van der Waals surface area (Å²) in [5.41, 5.74) is 0.694. The maximum absolute atomic E-state index is 12.5. The number of sulfonamides is 1. The number of carbonyl (C=O) groups excluding carboxylic acids is 1. The van der Waals surface area contributed by atoms with Crippen LogP contribution in [0.4, 0.5) is 11.5 Å². The summed E-state index contributed by atoms with van der Waals surface area (Å²) in [6.07, 6.45) is 5.84. The number of nitrogens with zero attached hydrogens (tertiary/aromatic N) is 3. The lowest BCUT2D eigenvalue weighted by Crippen LogP contribution is -2.42. The molecule has 0 bridgehead atoms. The van der Waals surface area contributed by atoms with Crippen LogP contribution in [0.3, 0.4) is 0 Å². The van der Waals surface area contributed by atoms with Crippen LogP contribution < -0.4 is 10.2 Å². The second kappa shape index (κ2) is 8.35. The molecule has 2 aliphatic heterocycles. The van der Waals surface area contributed by atoms with Gasteiger partial charge in [-0.1, -0.05) is 6.92 Å². The first-order valence-electron chi connectivity index (χ1n) is 9.49. The summed E-state index contributed by atoms with van der Waals surface area (Å²) in [5.74, 6) is 0.934. The van der Waals surface area contributed by atoms with Crippen LogP contribution in [0.15, 0.2) is 18.3 Å². The smallest absolute Gasteiger partial charge is 0.227 e. The van der Waals surface area contributed by atoms with Crippen molar-refractivity contribution in [1.29, 1.82) is 0 Å². The second-order valence-corrected chi connectivity index (χ2v) is 9.17. The summed E-state index contributed by atoms with van der Waals surface area (Å²) in [6.45, 7) is 4.79. The molecule has 0 spiro atoms. The van der Waals surface area contributed by atoms with Crippen molar-refractivity contribution < 1.29 is 13.2 Å². The van der Waals surface area contributed by atoms with Crippen molar-refractivity contribution >= 4 is 27.4 Å². The van der Waals surface area contributed by atoms with Crippen molar-refractivity contribution in [1.82, 2.24) is 9.29 Å². The van der Waals surface area contributed by atoms with Gasteiger partial charge in [-0.2, -0.15) is 0 Å². The highest BCUT2D eigenvalue weighted by Crippen LogP contribution is 2.23. The van der Waals surface area contributed by atoms with E-state index in [9.17, 15) is 13.2 Å². The van der Waals surface area contributed by atoms with E-state index in [1.807, 2.05) is 19.1 Å². The molecule has 2 aliphatic rings. The molecule has 26 heavy (non-hydrogen) atoms.